The number of anilines is 1. The van der Waals surface area contributed by atoms with Crippen molar-refractivity contribution < 1.29 is 4.79 Å². The highest BCUT2D eigenvalue weighted by Gasteiger charge is 2.22. The normalized spacial score (nSPS) is 15.4. The van der Waals surface area contributed by atoms with Crippen molar-refractivity contribution in [3.05, 3.63) is 42.1 Å². The molecule has 2 rings (SSSR count). The summed E-state index contributed by atoms with van der Waals surface area (Å²) < 4.78 is 0. The summed E-state index contributed by atoms with van der Waals surface area (Å²) >= 11 is 0. The molecule has 1 aromatic carbocycles. The Labute approximate surface area is 95.8 Å². The van der Waals surface area contributed by atoms with Crippen molar-refractivity contribution in [2.24, 2.45) is 0 Å². The topological polar surface area (TPSA) is 32.3 Å². The van der Waals surface area contributed by atoms with E-state index in [4.69, 9.17) is 0 Å². The molecule has 0 saturated heterocycles. The van der Waals surface area contributed by atoms with Crippen LogP contribution in [0.2, 0.25) is 0 Å². The molecule has 0 radical (unpaired) electrons. The van der Waals surface area contributed by atoms with Crippen LogP contribution in [0.3, 0.4) is 0 Å². The van der Waals surface area contributed by atoms with Crippen LogP contribution in [0.5, 0.6) is 0 Å². The third-order valence-corrected chi connectivity index (χ3v) is 2.63. The monoisotopic (exact) mass is 216 g/mol. The van der Waals surface area contributed by atoms with E-state index in [1.807, 2.05) is 29.2 Å². The molecule has 84 valence electrons. The summed E-state index contributed by atoms with van der Waals surface area (Å²) in [6, 6.07) is 7.57. The number of fused-ring (bicyclic) bond motifs is 1. The Kier molecular flexibility index (Phi) is 2.95. The lowest BCUT2D eigenvalue weighted by molar-refractivity contribution is 0.0775. The van der Waals surface area contributed by atoms with Crippen molar-refractivity contribution in [3.8, 4) is 0 Å². The Hall–Kier alpha value is -1.77. The van der Waals surface area contributed by atoms with E-state index >= 15 is 0 Å². The summed E-state index contributed by atoms with van der Waals surface area (Å²) in [5.41, 5.74) is 2.46. The number of amides is 1. The maximum atomic E-state index is 12.2. The first kappa shape index (κ1) is 10.7. The fourth-order valence-corrected chi connectivity index (χ4v) is 1.93. The first-order chi connectivity index (χ1) is 7.72. The summed E-state index contributed by atoms with van der Waals surface area (Å²) in [6.45, 7) is 7.36. The molecule has 1 aliphatic heterocycles. The molecule has 0 fully saturated rings. The van der Waals surface area contributed by atoms with E-state index in [1.54, 1.807) is 0 Å². The molecule has 3 nitrogen and oxygen atoms in total. The van der Waals surface area contributed by atoms with Crippen LogP contribution in [0.15, 0.2) is 36.5 Å². The number of nitrogens with zero attached hydrogens (tertiary/aromatic N) is 1. The zero-order chi connectivity index (χ0) is 11.5. The molecule has 0 bridgehead atoms. The summed E-state index contributed by atoms with van der Waals surface area (Å²) in [4.78, 5) is 14.1. The average molecular weight is 216 g/mol. The van der Waals surface area contributed by atoms with Gasteiger partial charge in [-0.25, -0.2) is 0 Å². The lowest BCUT2D eigenvalue weighted by Crippen LogP contribution is -2.32. The van der Waals surface area contributed by atoms with Crippen molar-refractivity contribution in [1.82, 2.24) is 4.90 Å². The van der Waals surface area contributed by atoms with Crippen molar-refractivity contribution in [3.63, 3.8) is 0 Å². The Morgan fingerprint density at radius 3 is 2.94 bits per heavy atom. The van der Waals surface area contributed by atoms with Crippen molar-refractivity contribution in [2.75, 3.05) is 18.4 Å². The first-order valence-electron chi connectivity index (χ1n) is 5.55. The maximum absolute atomic E-state index is 12.2. The van der Waals surface area contributed by atoms with Crippen LogP contribution in [0, 0.1) is 0 Å². The van der Waals surface area contributed by atoms with Crippen molar-refractivity contribution >= 4 is 11.6 Å². The molecular weight excluding hydrogens is 200 g/mol. The van der Waals surface area contributed by atoms with Crippen LogP contribution in [-0.2, 0) is 0 Å². The van der Waals surface area contributed by atoms with Crippen LogP contribution in [0.4, 0.5) is 5.69 Å². The van der Waals surface area contributed by atoms with Gasteiger partial charge in [-0.3, -0.25) is 4.79 Å². The smallest absolute Gasteiger partial charge is 0.256 e. The summed E-state index contributed by atoms with van der Waals surface area (Å²) in [5.74, 6) is 0.0867. The van der Waals surface area contributed by atoms with E-state index in [0.29, 0.717) is 6.54 Å². The van der Waals surface area contributed by atoms with Crippen molar-refractivity contribution in [2.45, 2.75) is 13.3 Å². The number of carbonyl (C=O) groups excluding carboxylic acids is 1. The number of carbonyl (C=O) groups is 1. The SMILES string of the molecule is C=C1CN(CCC)C(=O)c2ccccc2N1. The predicted octanol–water partition coefficient (Wildman–Crippen LogP) is 2.48. The Bertz CT molecular complexity index is 426. The number of nitrogens with one attached hydrogen (secondary N) is 1. The number of benzene rings is 1. The molecule has 0 aromatic heterocycles. The van der Waals surface area contributed by atoms with Crippen LogP contribution >= 0.6 is 0 Å². The molecule has 3 heteroatoms. The predicted molar refractivity (Wildman–Crippen MR) is 65.4 cm³/mol. The fraction of sp³-hybridized carbons (Fsp3) is 0.308. The van der Waals surface area contributed by atoms with Gasteiger partial charge in [0.2, 0.25) is 0 Å². The number of rotatable bonds is 2. The summed E-state index contributed by atoms with van der Waals surface area (Å²) in [5, 5.41) is 3.18. The third kappa shape index (κ3) is 1.94. The number of para-hydroxylation sites is 1. The molecule has 1 N–H and O–H groups in total. The first-order valence-corrected chi connectivity index (χ1v) is 5.55. The minimum absolute atomic E-state index is 0.0867. The quantitative estimate of drug-likeness (QED) is 0.823. The molecule has 0 saturated carbocycles. The minimum atomic E-state index is 0.0867. The minimum Gasteiger partial charge on any atom is -0.357 e. The lowest BCUT2D eigenvalue weighted by atomic mass is 10.1. The van der Waals surface area contributed by atoms with Crippen LogP contribution in [0.1, 0.15) is 23.7 Å². The Morgan fingerprint density at radius 2 is 2.19 bits per heavy atom. The van der Waals surface area contributed by atoms with Gasteiger partial charge in [0.1, 0.15) is 0 Å². The highest BCUT2D eigenvalue weighted by molar-refractivity contribution is 6.00. The van der Waals surface area contributed by atoms with Gasteiger partial charge in [0.25, 0.3) is 5.91 Å². The van der Waals surface area contributed by atoms with Gasteiger partial charge < -0.3 is 10.2 Å². The fourth-order valence-electron chi connectivity index (χ4n) is 1.93. The molecule has 1 aromatic rings. The molecule has 1 aliphatic rings. The van der Waals surface area contributed by atoms with Gasteiger partial charge >= 0.3 is 0 Å². The van der Waals surface area contributed by atoms with E-state index in [9.17, 15) is 4.79 Å². The second kappa shape index (κ2) is 4.39. The molecule has 0 spiro atoms. The van der Waals surface area contributed by atoms with Gasteiger partial charge in [-0.15, -0.1) is 0 Å². The van der Waals surface area contributed by atoms with Gasteiger partial charge in [-0.05, 0) is 18.6 Å². The second-order valence-corrected chi connectivity index (χ2v) is 4.00. The third-order valence-electron chi connectivity index (χ3n) is 2.63. The maximum Gasteiger partial charge on any atom is 0.256 e. The summed E-state index contributed by atoms with van der Waals surface area (Å²) in [6.07, 6.45) is 0.960. The highest BCUT2D eigenvalue weighted by atomic mass is 16.2. The van der Waals surface area contributed by atoms with E-state index < -0.39 is 0 Å². The zero-order valence-corrected chi connectivity index (χ0v) is 9.49. The number of hydrogen-bond acceptors (Lipinski definition) is 2. The standard InChI is InChI=1S/C13H16N2O/c1-3-8-15-9-10(2)14-12-7-5-4-6-11(12)13(15)16/h4-7,14H,2-3,8-9H2,1H3. The Balaban J connectivity index is 2.39. The Morgan fingerprint density at radius 1 is 1.44 bits per heavy atom. The second-order valence-electron chi connectivity index (χ2n) is 4.00. The molecule has 16 heavy (non-hydrogen) atoms. The van der Waals surface area contributed by atoms with E-state index in [0.717, 1.165) is 29.9 Å². The van der Waals surface area contributed by atoms with Gasteiger partial charge in [-0.1, -0.05) is 25.6 Å². The molecule has 0 aliphatic carbocycles. The van der Waals surface area contributed by atoms with Crippen LogP contribution in [-0.4, -0.2) is 23.9 Å². The molecule has 0 atom stereocenters. The van der Waals surface area contributed by atoms with Crippen LogP contribution < -0.4 is 5.32 Å². The molecule has 1 heterocycles. The lowest BCUT2D eigenvalue weighted by Gasteiger charge is -2.19. The summed E-state index contributed by atoms with van der Waals surface area (Å²) in [7, 11) is 0. The average Bonchev–Trinajstić information content (AvgIpc) is 2.38. The van der Waals surface area contributed by atoms with Gasteiger partial charge in [0.15, 0.2) is 0 Å². The largest absolute Gasteiger partial charge is 0.357 e. The van der Waals surface area contributed by atoms with Gasteiger partial charge in [0, 0.05) is 12.2 Å². The van der Waals surface area contributed by atoms with E-state index in [-0.39, 0.29) is 5.91 Å². The molecule has 1 amide bonds. The van der Waals surface area contributed by atoms with Crippen molar-refractivity contribution in [1.29, 1.82) is 0 Å². The van der Waals surface area contributed by atoms with E-state index in [2.05, 4.69) is 18.8 Å². The van der Waals surface area contributed by atoms with Gasteiger partial charge in [0.05, 0.1) is 17.8 Å². The van der Waals surface area contributed by atoms with Crippen LogP contribution in [0.25, 0.3) is 0 Å². The molecular formula is C13H16N2O. The van der Waals surface area contributed by atoms with E-state index in [1.165, 1.54) is 0 Å². The van der Waals surface area contributed by atoms with Gasteiger partial charge in [-0.2, -0.15) is 0 Å². The zero-order valence-electron chi connectivity index (χ0n) is 9.49. The highest BCUT2D eigenvalue weighted by Crippen LogP contribution is 2.22. The number of hydrogen-bond donors (Lipinski definition) is 1. The molecule has 0 unspecified atom stereocenters.